The van der Waals surface area contributed by atoms with Crippen molar-refractivity contribution < 1.29 is 19.1 Å². The van der Waals surface area contributed by atoms with E-state index in [1.807, 2.05) is 35.7 Å². The summed E-state index contributed by atoms with van der Waals surface area (Å²) in [6.07, 6.45) is 2.14. The molecule has 1 aliphatic rings. The second-order valence-corrected chi connectivity index (χ2v) is 11.3. The first-order valence-corrected chi connectivity index (χ1v) is 14.6. The summed E-state index contributed by atoms with van der Waals surface area (Å²) in [5.74, 6) is 0.131. The first-order chi connectivity index (χ1) is 19.9. The number of thiophene rings is 1. The number of carbonyl (C=O) groups excluding carboxylic acids is 3. The molecule has 0 bridgehead atoms. The number of aromatic nitrogens is 1. The van der Waals surface area contributed by atoms with Crippen LogP contribution in [0, 0.1) is 5.41 Å². The molecule has 41 heavy (non-hydrogen) atoms. The second kappa shape index (κ2) is 12.7. The molecule has 5 rings (SSSR count). The third kappa shape index (κ3) is 6.97. The molecule has 12 heteroatoms. The predicted octanol–water partition coefficient (Wildman–Crippen LogP) is 3.71. The van der Waals surface area contributed by atoms with E-state index in [4.69, 9.17) is 15.9 Å². The van der Waals surface area contributed by atoms with Crippen molar-refractivity contribution in [1.82, 2.24) is 20.5 Å². The Morgan fingerprint density at radius 3 is 2.46 bits per heavy atom. The van der Waals surface area contributed by atoms with Crippen LogP contribution in [-0.2, 0) is 16.1 Å². The summed E-state index contributed by atoms with van der Waals surface area (Å²) in [4.78, 5) is 46.0. The van der Waals surface area contributed by atoms with Crippen LogP contribution in [0.2, 0.25) is 0 Å². The van der Waals surface area contributed by atoms with Gasteiger partial charge in [-0.25, -0.2) is 4.98 Å². The molecule has 10 nitrogen and oxygen atoms in total. The number of nitrogens with two attached hydrogens (primary N) is 1. The minimum Gasteiger partial charge on any atom is -0.457 e. The molecule has 0 aliphatic carbocycles. The number of nitrogens with one attached hydrogen (secondary N) is 3. The fraction of sp³-hybridized carbons (Fsp3) is 0.207. The molecule has 2 aromatic heterocycles. The molecule has 0 spiro atoms. The normalized spacial score (nSPS) is 16.2. The minimum absolute atomic E-state index is 0.0313. The Balaban J connectivity index is 1.19. The number of amidine groups is 1. The number of nitrogens with zero attached hydrogens (tertiary/aromatic N) is 2. The van der Waals surface area contributed by atoms with Gasteiger partial charge < -0.3 is 26.0 Å². The van der Waals surface area contributed by atoms with Gasteiger partial charge in [0.15, 0.2) is 0 Å². The number of thiazole rings is 1. The summed E-state index contributed by atoms with van der Waals surface area (Å²) < 4.78 is 5.76. The van der Waals surface area contributed by atoms with E-state index in [0.717, 1.165) is 9.88 Å². The van der Waals surface area contributed by atoms with Crippen molar-refractivity contribution >= 4 is 46.2 Å². The number of para-hydroxylation sites is 1. The predicted molar refractivity (Wildman–Crippen MR) is 157 cm³/mol. The summed E-state index contributed by atoms with van der Waals surface area (Å²) in [5, 5.41) is 17.6. The highest BCUT2D eigenvalue weighted by atomic mass is 32.1. The zero-order valence-electron chi connectivity index (χ0n) is 21.9. The van der Waals surface area contributed by atoms with Gasteiger partial charge in [-0.1, -0.05) is 18.2 Å². The van der Waals surface area contributed by atoms with Crippen LogP contribution < -0.4 is 21.1 Å². The van der Waals surface area contributed by atoms with E-state index in [-0.39, 0.29) is 36.7 Å². The molecule has 210 valence electrons. The van der Waals surface area contributed by atoms with E-state index in [2.05, 4.69) is 15.6 Å². The van der Waals surface area contributed by atoms with Gasteiger partial charge in [-0.05, 0) is 48.9 Å². The summed E-state index contributed by atoms with van der Waals surface area (Å²) in [6, 6.07) is 17.0. The lowest BCUT2D eigenvalue weighted by molar-refractivity contribution is -0.137. The maximum absolute atomic E-state index is 13.3. The fourth-order valence-corrected chi connectivity index (χ4v) is 6.11. The Hall–Kier alpha value is -4.55. The molecule has 2 atom stereocenters. The highest BCUT2D eigenvalue weighted by Gasteiger charge is 2.41. The molecule has 1 saturated heterocycles. The lowest BCUT2D eigenvalue weighted by atomic mass is 10.1. The monoisotopic (exact) mass is 588 g/mol. The third-order valence-electron chi connectivity index (χ3n) is 6.62. The quantitative estimate of drug-likeness (QED) is 0.164. The summed E-state index contributed by atoms with van der Waals surface area (Å²) in [5.41, 5.74) is 6.53. The fourth-order valence-electron chi connectivity index (χ4n) is 4.54. The highest BCUT2D eigenvalue weighted by Crippen LogP contribution is 2.33. The first kappa shape index (κ1) is 28.0. The molecule has 1 aliphatic heterocycles. The minimum atomic E-state index is -0.699. The third-order valence-corrected chi connectivity index (χ3v) is 8.50. The summed E-state index contributed by atoms with van der Waals surface area (Å²) in [6.45, 7) is 0.347. The molecule has 0 saturated carbocycles. The maximum Gasteiger partial charge on any atom is 0.251 e. The summed E-state index contributed by atoms with van der Waals surface area (Å²) in [7, 11) is 0. The molecule has 0 unspecified atom stereocenters. The van der Waals surface area contributed by atoms with Crippen LogP contribution in [0.25, 0.3) is 0 Å². The van der Waals surface area contributed by atoms with Crippen molar-refractivity contribution in [3.05, 3.63) is 98.6 Å². The van der Waals surface area contributed by atoms with Gasteiger partial charge >= 0.3 is 0 Å². The van der Waals surface area contributed by atoms with E-state index in [9.17, 15) is 14.4 Å². The lowest BCUT2D eigenvalue weighted by Gasteiger charge is -2.24. The van der Waals surface area contributed by atoms with Crippen molar-refractivity contribution in [2.24, 2.45) is 5.73 Å². The smallest absolute Gasteiger partial charge is 0.251 e. The standard InChI is InChI=1S/C29H28N6O4S2/c30-26(31)20-12-23(41-17-20)14-33-28(38)24-13-19(29-32-10-11-40-29)16-35(24)25(36)15-34-27(37)18-6-8-22(9-7-18)39-21-4-2-1-3-5-21/h1-12,17,19,24H,13-16H2,(H3,30,31)(H,33,38)(H,34,37)/t19-,24+/m1/s1. The Morgan fingerprint density at radius 1 is 1.02 bits per heavy atom. The Labute approximate surface area is 244 Å². The second-order valence-electron chi connectivity index (χ2n) is 9.42. The van der Waals surface area contributed by atoms with E-state index >= 15 is 0 Å². The number of likely N-dealkylation sites (tertiary alicyclic amines) is 1. The van der Waals surface area contributed by atoms with E-state index < -0.39 is 11.9 Å². The zero-order chi connectivity index (χ0) is 28.8. The van der Waals surface area contributed by atoms with Gasteiger partial charge in [-0.15, -0.1) is 22.7 Å². The van der Waals surface area contributed by atoms with Crippen LogP contribution in [0.5, 0.6) is 11.5 Å². The summed E-state index contributed by atoms with van der Waals surface area (Å²) >= 11 is 2.89. The van der Waals surface area contributed by atoms with Crippen LogP contribution in [0.15, 0.2) is 77.6 Å². The van der Waals surface area contributed by atoms with Crippen LogP contribution in [0.3, 0.4) is 0 Å². The number of hydrogen-bond acceptors (Lipinski definition) is 8. The SMILES string of the molecule is N=C(N)c1csc(CNC(=O)[C@@H]2C[C@@H](c3nccs3)CN2C(=O)CNC(=O)c2ccc(Oc3ccccc3)cc2)c1. The molecular formula is C29H28N6O4S2. The van der Waals surface area contributed by atoms with Crippen molar-refractivity contribution in [3.8, 4) is 11.5 Å². The molecule has 4 aromatic rings. The average Bonchev–Trinajstić information content (AvgIpc) is 3.76. The van der Waals surface area contributed by atoms with Gasteiger partial charge in [0.2, 0.25) is 11.8 Å². The topological polar surface area (TPSA) is 150 Å². The lowest BCUT2D eigenvalue weighted by Crippen LogP contribution is -2.48. The van der Waals surface area contributed by atoms with Gasteiger partial charge in [0, 0.05) is 45.4 Å². The Bertz CT molecular complexity index is 1520. The molecule has 0 radical (unpaired) electrons. The first-order valence-electron chi connectivity index (χ1n) is 12.9. The number of amides is 3. The van der Waals surface area contributed by atoms with Crippen molar-refractivity contribution in [2.45, 2.75) is 24.9 Å². The molecular weight excluding hydrogens is 560 g/mol. The van der Waals surface area contributed by atoms with Crippen LogP contribution in [0.4, 0.5) is 0 Å². The van der Waals surface area contributed by atoms with Gasteiger partial charge in [0.1, 0.15) is 23.4 Å². The van der Waals surface area contributed by atoms with Gasteiger partial charge in [-0.2, -0.15) is 0 Å². The zero-order valence-corrected chi connectivity index (χ0v) is 23.5. The van der Waals surface area contributed by atoms with Crippen molar-refractivity contribution in [3.63, 3.8) is 0 Å². The van der Waals surface area contributed by atoms with Gasteiger partial charge in [0.05, 0.1) is 18.1 Å². The number of benzene rings is 2. The number of nitrogen functional groups attached to an aromatic ring is 1. The van der Waals surface area contributed by atoms with Gasteiger partial charge in [-0.3, -0.25) is 19.8 Å². The number of ether oxygens (including phenoxy) is 1. The molecule has 3 amide bonds. The molecule has 2 aromatic carbocycles. The van der Waals surface area contributed by atoms with Crippen molar-refractivity contribution in [2.75, 3.05) is 13.1 Å². The number of hydrogen-bond donors (Lipinski definition) is 4. The van der Waals surface area contributed by atoms with E-state index in [1.165, 1.54) is 27.6 Å². The van der Waals surface area contributed by atoms with Crippen molar-refractivity contribution in [1.29, 1.82) is 5.41 Å². The van der Waals surface area contributed by atoms with Gasteiger partial charge in [0.25, 0.3) is 5.91 Å². The number of carbonyl (C=O) groups is 3. The van der Waals surface area contributed by atoms with E-state index in [0.29, 0.717) is 35.6 Å². The van der Waals surface area contributed by atoms with Crippen LogP contribution in [0.1, 0.15) is 38.1 Å². The average molecular weight is 589 g/mol. The largest absolute Gasteiger partial charge is 0.457 e. The highest BCUT2D eigenvalue weighted by molar-refractivity contribution is 7.10. The Kier molecular flexibility index (Phi) is 8.70. The van der Waals surface area contributed by atoms with Crippen LogP contribution in [-0.4, -0.2) is 52.6 Å². The van der Waals surface area contributed by atoms with E-state index in [1.54, 1.807) is 41.9 Å². The molecule has 3 heterocycles. The maximum atomic E-state index is 13.3. The molecule has 1 fully saturated rings. The molecule has 5 N–H and O–H groups in total. The number of rotatable bonds is 10. The van der Waals surface area contributed by atoms with Crippen LogP contribution >= 0.6 is 22.7 Å². The Morgan fingerprint density at radius 2 is 1.78 bits per heavy atom.